The van der Waals surface area contributed by atoms with E-state index < -0.39 is 24.2 Å². The van der Waals surface area contributed by atoms with Gasteiger partial charge >= 0.3 is 0 Å². The molecule has 0 aliphatic heterocycles. The van der Waals surface area contributed by atoms with Crippen molar-refractivity contribution < 1.29 is 18.7 Å². The Morgan fingerprint density at radius 1 is 0.943 bits per heavy atom. The number of nitrogens with zero attached hydrogens (tertiary/aromatic N) is 2. The Kier molecular flexibility index (Phi) is 7.47. The standard InChI is InChI=1S/C26H23FN4O3S/c1-16(2)17-11-13-18(14-12-17)25-30-31-26(35-25)29-24(33)19-7-3-6-10-22(19)34-15-23(32)28-21-9-5-4-8-20(21)27/h3-14,16H,15H2,1-2H3,(H,28,32)(H,29,31,33). The fraction of sp³-hybridized carbons (Fsp3) is 0.154. The lowest BCUT2D eigenvalue weighted by Gasteiger charge is -2.11. The molecule has 178 valence electrons. The molecule has 0 unspecified atom stereocenters. The van der Waals surface area contributed by atoms with Crippen molar-refractivity contribution in [1.82, 2.24) is 10.2 Å². The highest BCUT2D eigenvalue weighted by molar-refractivity contribution is 7.18. The average Bonchev–Trinajstić information content (AvgIpc) is 3.33. The first-order valence-electron chi connectivity index (χ1n) is 10.9. The van der Waals surface area contributed by atoms with Crippen LogP contribution in [0, 0.1) is 5.82 Å². The van der Waals surface area contributed by atoms with Crippen molar-refractivity contribution in [2.24, 2.45) is 0 Å². The highest BCUT2D eigenvalue weighted by atomic mass is 32.1. The number of hydrogen-bond donors (Lipinski definition) is 2. The van der Waals surface area contributed by atoms with Crippen molar-refractivity contribution in [2.75, 3.05) is 17.2 Å². The number of nitrogens with one attached hydrogen (secondary N) is 2. The van der Waals surface area contributed by atoms with Crippen molar-refractivity contribution in [2.45, 2.75) is 19.8 Å². The topological polar surface area (TPSA) is 93.2 Å². The molecule has 0 radical (unpaired) electrons. The minimum absolute atomic E-state index is 0.0537. The molecule has 0 aliphatic rings. The van der Waals surface area contributed by atoms with Crippen LogP contribution in [0.3, 0.4) is 0 Å². The van der Waals surface area contributed by atoms with E-state index in [2.05, 4.69) is 46.8 Å². The molecule has 0 aliphatic carbocycles. The lowest BCUT2D eigenvalue weighted by Crippen LogP contribution is -2.22. The van der Waals surface area contributed by atoms with Gasteiger partial charge in [0.25, 0.3) is 11.8 Å². The molecule has 0 saturated carbocycles. The predicted octanol–water partition coefficient (Wildman–Crippen LogP) is 5.74. The van der Waals surface area contributed by atoms with Crippen molar-refractivity contribution >= 4 is 34.0 Å². The number of halogens is 1. The molecule has 1 heterocycles. The molecule has 1 aromatic heterocycles. The summed E-state index contributed by atoms with van der Waals surface area (Å²) < 4.78 is 19.3. The van der Waals surface area contributed by atoms with E-state index in [0.29, 0.717) is 16.1 Å². The normalized spacial score (nSPS) is 10.7. The molecule has 0 spiro atoms. The number of carbonyl (C=O) groups is 2. The second-order valence-electron chi connectivity index (χ2n) is 7.96. The Morgan fingerprint density at radius 3 is 2.40 bits per heavy atom. The summed E-state index contributed by atoms with van der Waals surface area (Å²) in [4.78, 5) is 25.1. The highest BCUT2D eigenvalue weighted by Gasteiger charge is 2.17. The second kappa shape index (κ2) is 10.9. The van der Waals surface area contributed by atoms with Gasteiger partial charge in [-0.05, 0) is 35.7 Å². The maximum Gasteiger partial charge on any atom is 0.262 e. The number of aromatic nitrogens is 2. The lowest BCUT2D eigenvalue weighted by atomic mass is 10.0. The van der Waals surface area contributed by atoms with Crippen molar-refractivity contribution in [3.8, 4) is 16.3 Å². The smallest absolute Gasteiger partial charge is 0.262 e. The van der Waals surface area contributed by atoms with E-state index in [4.69, 9.17) is 4.74 Å². The summed E-state index contributed by atoms with van der Waals surface area (Å²) in [5.41, 5.74) is 2.42. The van der Waals surface area contributed by atoms with E-state index in [1.165, 1.54) is 35.1 Å². The quantitative estimate of drug-likeness (QED) is 0.329. The molecule has 9 heteroatoms. The Bertz CT molecular complexity index is 1340. The molecule has 3 aromatic carbocycles. The largest absolute Gasteiger partial charge is 0.483 e. The predicted molar refractivity (Wildman–Crippen MR) is 134 cm³/mol. The summed E-state index contributed by atoms with van der Waals surface area (Å²) in [6.45, 7) is 3.86. The molecule has 35 heavy (non-hydrogen) atoms. The first-order chi connectivity index (χ1) is 16.9. The van der Waals surface area contributed by atoms with Crippen LogP contribution in [-0.2, 0) is 4.79 Å². The third kappa shape index (κ3) is 6.07. The number of anilines is 2. The number of ether oxygens (including phenoxy) is 1. The monoisotopic (exact) mass is 490 g/mol. The van der Waals surface area contributed by atoms with Crippen molar-refractivity contribution in [3.63, 3.8) is 0 Å². The Labute approximate surface area is 206 Å². The van der Waals surface area contributed by atoms with Crippen LogP contribution >= 0.6 is 11.3 Å². The van der Waals surface area contributed by atoms with Crippen molar-refractivity contribution in [1.29, 1.82) is 0 Å². The lowest BCUT2D eigenvalue weighted by molar-refractivity contribution is -0.118. The Hall–Kier alpha value is -4.11. The van der Waals surface area contributed by atoms with Gasteiger partial charge < -0.3 is 10.1 Å². The van der Waals surface area contributed by atoms with Gasteiger partial charge in [-0.15, -0.1) is 10.2 Å². The fourth-order valence-electron chi connectivity index (χ4n) is 3.24. The summed E-state index contributed by atoms with van der Waals surface area (Å²) in [5, 5.41) is 14.4. The molecule has 7 nitrogen and oxygen atoms in total. The molecule has 0 bridgehead atoms. The minimum atomic E-state index is -0.553. The molecular weight excluding hydrogens is 467 g/mol. The van der Waals surface area contributed by atoms with Crippen LogP contribution in [-0.4, -0.2) is 28.6 Å². The van der Waals surface area contributed by atoms with E-state index in [1.807, 2.05) is 12.1 Å². The van der Waals surface area contributed by atoms with Crippen LogP contribution in [0.5, 0.6) is 5.75 Å². The maximum atomic E-state index is 13.7. The summed E-state index contributed by atoms with van der Waals surface area (Å²) >= 11 is 1.26. The molecule has 4 rings (SSSR count). The zero-order valence-electron chi connectivity index (χ0n) is 19.1. The Morgan fingerprint density at radius 2 is 1.66 bits per heavy atom. The summed E-state index contributed by atoms with van der Waals surface area (Å²) in [6, 6.07) is 20.4. The zero-order chi connectivity index (χ0) is 24.8. The SMILES string of the molecule is CC(C)c1ccc(-c2nnc(NC(=O)c3ccccc3OCC(=O)Nc3ccccc3F)s2)cc1. The van der Waals surface area contributed by atoms with Crippen molar-refractivity contribution in [3.05, 3.63) is 89.7 Å². The van der Waals surface area contributed by atoms with Gasteiger partial charge in [-0.25, -0.2) is 4.39 Å². The van der Waals surface area contributed by atoms with E-state index in [-0.39, 0.29) is 17.0 Å². The van der Waals surface area contributed by atoms with Crippen LogP contribution in [0.1, 0.15) is 35.7 Å². The maximum absolute atomic E-state index is 13.7. The molecule has 2 N–H and O–H groups in total. The number of amides is 2. The number of rotatable bonds is 8. The molecule has 2 amide bonds. The third-order valence-electron chi connectivity index (χ3n) is 5.11. The molecule has 0 fully saturated rings. The van der Waals surface area contributed by atoms with Crippen LogP contribution in [0.25, 0.3) is 10.6 Å². The number of benzene rings is 3. The van der Waals surface area contributed by atoms with Crippen LogP contribution in [0.2, 0.25) is 0 Å². The minimum Gasteiger partial charge on any atom is -0.483 e. The van der Waals surface area contributed by atoms with E-state index >= 15 is 0 Å². The average molecular weight is 491 g/mol. The number of hydrogen-bond acceptors (Lipinski definition) is 6. The van der Waals surface area contributed by atoms with Gasteiger partial charge in [0.2, 0.25) is 5.13 Å². The second-order valence-corrected chi connectivity index (χ2v) is 8.93. The number of carbonyl (C=O) groups excluding carboxylic acids is 2. The first-order valence-corrected chi connectivity index (χ1v) is 11.7. The summed E-state index contributed by atoms with van der Waals surface area (Å²) in [5.74, 6) is -0.910. The van der Waals surface area contributed by atoms with Gasteiger partial charge in [-0.3, -0.25) is 14.9 Å². The van der Waals surface area contributed by atoms with Crippen LogP contribution < -0.4 is 15.4 Å². The molecule has 0 atom stereocenters. The molecular formula is C26H23FN4O3S. The van der Waals surface area contributed by atoms with Gasteiger partial charge in [0.1, 0.15) is 16.6 Å². The van der Waals surface area contributed by atoms with Gasteiger partial charge in [0.15, 0.2) is 6.61 Å². The van der Waals surface area contributed by atoms with Gasteiger partial charge in [-0.2, -0.15) is 0 Å². The summed E-state index contributed by atoms with van der Waals surface area (Å²) in [6.07, 6.45) is 0. The van der Waals surface area contributed by atoms with Gasteiger partial charge in [0, 0.05) is 5.56 Å². The van der Waals surface area contributed by atoms with Crippen LogP contribution in [0.15, 0.2) is 72.8 Å². The molecule has 0 saturated heterocycles. The van der Waals surface area contributed by atoms with E-state index in [1.54, 1.807) is 30.3 Å². The highest BCUT2D eigenvalue weighted by Crippen LogP contribution is 2.28. The number of para-hydroxylation sites is 2. The third-order valence-corrected chi connectivity index (χ3v) is 6.00. The molecule has 4 aromatic rings. The fourth-order valence-corrected chi connectivity index (χ4v) is 3.98. The Balaban J connectivity index is 1.40. The van der Waals surface area contributed by atoms with E-state index in [9.17, 15) is 14.0 Å². The summed E-state index contributed by atoms with van der Waals surface area (Å²) in [7, 11) is 0. The van der Waals surface area contributed by atoms with Gasteiger partial charge in [-0.1, -0.05) is 73.7 Å². The van der Waals surface area contributed by atoms with Crippen LogP contribution in [0.4, 0.5) is 15.2 Å². The first kappa shape index (κ1) is 24.0. The zero-order valence-corrected chi connectivity index (χ0v) is 19.9. The van der Waals surface area contributed by atoms with Gasteiger partial charge in [0.05, 0.1) is 11.3 Å². The van der Waals surface area contributed by atoms with E-state index in [0.717, 1.165) is 5.56 Å².